The summed E-state index contributed by atoms with van der Waals surface area (Å²) in [4.78, 5) is 29.3. The van der Waals surface area contributed by atoms with Crippen molar-refractivity contribution in [1.29, 1.82) is 0 Å². The number of methoxy groups -OCH3 is 1. The predicted molar refractivity (Wildman–Crippen MR) is 120 cm³/mol. The van der Waals surface area contributed by atoms with Crippen LogP contribution in [-0.2, 0) is 9.53 Å². The minimum Gasteiger partial charge on any atom is -0.466 e. The summed E-state index contributed by atoms with van der Waals surface area (Å²) in [6, 6.07) is 13.5. The molecular formula is C24H27FN4O3. The Morgan fingerprint density at radius 1 is 1.09 bits per heavy atom. The van der Waals surface area contributed by atoms with E-state index >= 15 is 0 Å². The van der Waals surface area contributed by atoms with E-state index in [4.69, 9.17) is 4.74 Å². The molecule has 1 saturated heterocycles. The molecule has 4 rings (SSSR count). The molecule has 0 spiro atoms. The van der Waals surface area contributed by atoms with Crippen LogP contribution in [0.15, 0.2) is 59.8 Å². The SMILES string of the molecule is COC(=O)C1=C(CN2CCN(c3ccccc3F)CC2)NC(=O)NC1c1ccc(C)cc1. The first-order valence-electron chi connectivity index (χ1n) is 10.6. The van der Waals surface area contributed by atoms with Gasteiger partial charge in [0.25, 0.3) is 0 Å². The second kappa shape index (κ2) is 9.40. The normalized spacial score (nSPS) is 19.4. The highest BCUT2D eigenvalue weighted by atomic mass is 19.1. The largest absolute Gasteiger partial charge is 0.466 e. The molecule has 2 amide bonds. The molecule has 2 N–H and O–H groups in total. The fraction of sp³-hybridized carbons (Fsp3) is 0.333. The maximum Gasteiger partial charge on any atom is 0.338 e. The average Bonchev–Trinajstić information content (AvgIpc) is 2.80. The second-order valence-corrected chi connectivity index (χ2v) is 8.04. The van der Waals surface area contributed by atoms with Crippen LogP contribution >= 0.6 is 0 Å². The molecule has 0 aromatic heterocycles. The molecule has 1 atom stereocenters. The van der Waals surface area contributed by atoms with Crippen molar-refractivity contribution in [2.24, 2.45) is 0 Å². The maximum absolute atomic E-state index is 14.1. The molecule has 168 valence electrons. The summed E-state index contributed by atoms with van der Waals surface area (Å²) in [6.45, 7) is 5.01. The highest BCUT2D eigenvalue weighted by molar-refractivity contribution is 5.95. The van der Waals surface area contributed by atoms with E-state index in [9.17, 15) is 14.0 Å². The number of carbonyl (C=O) groups excluding carboxylic acids is 2. The Morgan fingerprint density at radius 3 is 2.44 bits per heavy atom. The van der Waals surface area contributed by atoms with Crippen LogP contribution in [0.25, 0.3) is 0 Å². The van der Waals surface area contributed by atoms with Crippen LogP contribution in [0.5, 0.6) is 0 Å². The van der Waals surface area contributed by atoms with Gasteiger partial charge in [-0.3, -0.25) is 4.90 Å². The number of urea groups is 1. The number of ether oxygens (including phenoxy) is 1. The summed E-state index contributed by atoms with van der Waals surface area (Å²) < 4.78 is 19.2. The third kappa shape index (κ3) is 4.60. The highest BCUT2D eigenvalue weighted by Gasteiger charge is 2.34. The molecule has 1 unspecified atom stereocenters. The first-order valence-corrected chi connectivity index (χ1v) is 10.6. The maximum atomic E-state index is 14.1. The zero-order valence-electron chi connectivity index (χ0n) is 18.2. The number of benzene rings is 2. The molecule has 2 aromatic rings. The number of nitrogens with one attached hydrogen (secondary N) is 2. The molecule has 0 radical (unpaired) electrons. The van der Waals surface area contributed by atoms with Crippen molar-refractivity contribution in [3.63, 3.8) is 0 Å². The first kappa shape index (κ1) is 21.8. The molecule has 8 heteroatoms. The molecule has 32 heavy (non-hydrogen) atoms. The minimum atomic E-state index is -0.591. The zero-order chi connectivity index (χ0) is 22.7. The molecule has 2 aromatic carbocycles. The van der Waals surface area contributed by atoms with E-state index in [2.05, 4.69) is 15.5 Å². The Kier molecular flexibility index (Phi) is 6.41. The number of amides is 2. The van der Waals surface area contributed by atoms with E-state index in [1.165, 1.54) is 13.2 Å². The van der Waals surface area contributed by atoms with Crippen molar-refractivity contribution in [1.82, 2.24) is 15.5 Å². The Hall–Kier alpha value is -3.39. The fourth-order valence-corrected chi connectivity index (χ4v) is 4.18. The van der Waals surface area contributed by atoms with E-state index in [1.807, 2.05) is 42.2 Å². The van der Waals surface area contributed by atoms with Gasteiger partial charge in [0, 0.05) is 38.4 Å². The average molecular weight is 439 g/mol. The van der Waals surface area contributed by atoms with Gasteiger partial charge in [-0.05, 0) is 24.6 Å². The summed E-state index contributed by atoms with van der Waals surface area (Å²) in [5, 5.41) is 5.65. The quantitative estimate of drug-likeness (QED) is 0.703. The molecule has 0 bridgehead atoms. The smallest absolute Gasteiger partial charge is 0.338 e. The number of hydrogen-bond donors (Lipinski definition) is 2. The van der Waals surface area contributed by atoms with Crippen LogP contribution in [0.2, 0.25) is 0 Å². The predicted octanol–water partition coefficient (Wildman–Crippen LogP) is 2.74. The molecular weight excluding hydrogens is 411 g/mol. The number of rotatable bonds is 5. The molecule has 2 aliphatic heterocycles. The summed E-state index contributed by atoms with van der Waals surface area (Å²) in [7, 11) is 1.34. The van der Waals surface area contributed by atoms with Crippen LogP contribution in [0.4, 0.5) is 14.9 Å². The lowest BCUT2D eigenvalue weighted by Gasteiger charge is -2.38. The standard InChI is InChI=1S/C24H27FN4O3/c1-16-7-9-17(10-8-16)22-21(23(30)32-2)19(26-24(31)27-22)15-28-11-13-29(14-12-28)20-6-4-3-5-18(20)25/h3-10,22H,11-15H2,1-2H3,(H2,26,27,31). The fourth-order valence-electron chi connectivity index (χ4n) is 4.18. The van der Waals surface area contributed by atoms with Crippen LogP contribution in [0.3, 0.4) is 0 Å². The highest BCUT2D eigenvalue weighted by Crippen LogP contribution is 2.29. The summed E-state index contributed by atoms with van der Waals surface area (Å²) in [5.41, 5.74) is 3.42. The van der Waals surface area contributed by atoms with Crippen LogP contribution < -0.4 is 15.5 Å². The number of aryl methyl sites for hydroxylation is 1. The molecule has 1 fully saturated rings. The Balaban J connectivity index is 1.55. The lowest BCUT2D eigenvalue weighted by atomic mass is 9.94. The van der Waals surface area contributed by atoms with Gasteiger partial charge in [0.05, 0.1) is 24.4 Å². The van der Waals surface area contributed by atoms with Crippen LogP contribution in [0.1, 0.15) is 17.2 Å². The topological polar surface area (TPSA) is 73.9 Å². The number of anilines is 1. The van der Waals surface area contributed by atoms with Crippen LogP contribution in [0, 0.1) is 12.7 Å². The molecule has 2 aliphatic rings. The van der Waals surface area contributed by atoms with Gasteiger partial charge in [0.15, 0.2) is 0 Å². The van der Waals surface area contributed by atoms with E-state index in [1.54, 1.807) is 12.1 Å². The van der Waals surface area contributed by atoms with Crippen molar-refractivity contribution in [2.75, 3.05) is 44.7 Å². The first-order chi connectivity index (χ1) is 15.5. The van der Waals surface area contributed by atoms with E-state index in [0.717, 1.165) is 11.1 Å². The van der Waals surface area contributed by atoms with Gasteiger partial charge in [0.2, 0.25) is 0 Å². The summed E-state index contributed by atoms with van der Waals surface area (Å²) >= 11 is 0. The number of nitrogens with zero attached hydrogens (tertiary/aromatic N) is 2. The third-order valence-corrected chi connectivity index (χ3v) is 5.92. The Bertz CT molecular complexity index is 1030. The van der Waals surface area contributed by atoms with Gasteiger partial charge in [-0.25, -0.2) is 14.0 Å². The van der Waals surface area contributed by atoms with Gasteiger partial charge in [-0.1, -0.05) is 42.0 Å². The van der Waals surface area contributed by atoms with Gasteiger partial charge in [0.1, 0.15) is 5.82 Å². The summed E-state index contributed by atoms with van der Waals surface area (Å²) in [5.74, 6) is -0.716. The molecule has 7 nitrogen and oxygen atoms in total. The van der Waals surface area contributed by atoms with Crippen molar-refractivity contribution < 1.29 is 18.7 Å². The van der Waals surface area contributed by atoms with Crippen molar-refractivity contribution in [3.8, 4) is 0 Å². The Morgan fingerprint density at radius 2 is 1.78 bits per heavy atom. The summed E-state index contributed by atoms with van der Waals surface area (Å²) in [6.07, 6.45) is 0. The number of para-hydroxylation sites is 1. The van der Waals surface area contributed by atoms with Crippen molar-refractivity contribution in [3.05, 3.63) is 76.7 Å². The molecule has 2 heterocycles. The second-order valence-electron chi connectivity index (χ2n) is 8.04. The van der Waals surface area contributed by atoms with Gasteiger partial charge < -0.3 is 20.3 Å². The number of halogens is 1. The Labute approximate surface area is 186 Å². The van der Waals surface area contributed by atoms with Crippen molar-refractivity contribution in [2.45, 2.75) is 13.0 Å². The number of carbonyl (C=O) groups is 2. The van der Waals surface area contributed by atoms with Gasteiger partial charge >= 0.3 is 12.0 Å². The number of hydrogen-bond acceptors (Lipinski definition) is 5. The lowest BCUT2D eigenvalue weighted by Crippen LogP contribution is -2.51. The van der Waals surface area contributed by atoms with Crippen LogP contribution in [-0.4, -0.2) is 56.7 Å². The van der Waals surface area contributed by atoms with Gasteiger partial charge in [-0.2, -0.15) is 0 Å². The van der Waals surface area contributed by atoms with E-state index in [0.29, 0.717) is 49.7 Å². The minimum absolute atomic E-state index is 0.233. The molecule has 0 saturated carbocycles. The molecule has 0 aliphatic carbocycles. The third-order valence-electron chi connectivity index (χ3n) is 5.92. The van der Waals surface area contributed by atoms with Crippen molar-refractivity contribution >= 4 is 17.7 Å². The number of esters is 1. The lowest BCUT2D eigenvalue weighted by molar-refractivity contribution is -0.136. The van der Waals surface area contributed by atoms with E-state index in [-0.39, 0.29) is 11.8 Å². The zero-order valence-corrected chi connectivity index (χ0v) is 18.2. The monoisotopic (exact) mass is 438 g/mol. The van der Waals surface area contributed by atoms with E-state index < -0.39 is 12.0 Å². The van der Waals surface area contributed by atoms with Gasteiger partial charge in [-0.15, -0.1) is 0 Å². The number of piperazine rings is 1.